The monoisotopic (exact) mass is 271 g/mol. The molecular formula is C19H29N. The first-order chi connectivity index (χ1) is 9.61. The zero-order valence-corrected chi connectivity index (χ0v) is 13.3. The Kier molecular flexibility index (Phi) is 3.90. The lowest BCUT2D eigenvalue weighted by molar-refractivity contribution is 0.0487. The number of nitrogens with one attached hydrogen (secondary N) is 1. The van der Waals surface area contributed by atoms with Gasteiger partial charge in [0.05, 0.1) is 0 Å². The van der Waals surface area contributed by atoms with Gasteiger partial charge in [0.25, 0.3) is 0 Å². The van der Waals surface area contributed by atoms with Gasteiger partial charge in [-0.15, -0.1) is 0 Å². The Morgan fingerprint density at radius 2 is 2.00 bits per heavy atom. The normalized spacial score (nSPS) is 38.0. The predicted octanol–water partition coefficient (Wildman–Crippen LogP) is 4.51. The molecule has 0 radical (unpaired) electrons. The molecule has 110 valence electrons. The summed E-state index contributed by atoms with van der Waals surface area (Å²) in [6.45, 7) is 9.52. The fraction of sp³-hybridized carbons (Fsp3) is 0.684. The number of hydrogen-bond acceptors (Lipinski definition) is 1. The lowest BCUT2D eigenvalue weighted by Crippen LogP contribution is -2.47. The van der Waals surface area contributed by atoms with Crippen LogP contribution in [0.2, 0.25) is 0 Å². The summed E-state index contributed by atoms with van der Waals surface area (Å²) in [6.07, 6.45) is 5.64. The van der Waals surface area contributed by atoms with Crippen molar-refractivity contribution in [3.05, 3.63) is 35.4 Å². The predicted molar refractivity (Wildman–Crippen MR) is 86.0 cm³/mol. The fourth-order valence-electron chi connectivity index (χ4n) is 4.62. The van der Waals surface area contributed by atoms with Crippen LogP contribution >= 0.6 is 0 Å². The first kappa shape index (κ1) is 14.1. The summed E-state index contributed by atoms with van der Waals surface area (Å²) < 4.78 is 0. The Morgan fingerprint density at radius 1 is 1.15 bits per heavy atom. The van der Waals surface area contributed by atoms with Crippen molar-refractivity contribution < 1.29 is 0 Å². The lowest BCUT2D eigenvalue weighted by atomic mass is 9.56. The van der Waals surface area contributed by atoms with Crippen LogP contribution in [0.3, 0.4) is 0 Å². The topological polar surface area (TPSA) is 12.0 Å². The molecule has 1 spiro atoms. The van der Waals surface area contributed by atoms with Crippen LogP contribution in [0.25, 0.3) is 0 Å². The summed E-state index contributed by atoms with van der Waals surface area (Å²) in [4.78, 5) is 0. The van der Waals surface area contributed by atoms with E-state index in [1.807, 2.05) is 0 Å². The van der Waals surface area contributed by atoms with Gasteiger partial charge >= 0.3 is 0 Å². The second-order valence-electron chi connectivity index (χ2n) is 7.48. The van der Waals surface area contributed by atoms with E-state index in [2.05, 4.69) is 50.4 Å². The van der Waals surface area contributed by atoms with Gasteiger partial charge in [0.1, 0.15) is 0 Å². The van der Waals surface area contributed by atoms with Gasteiger partial charge in [0, 0.05) is 12.5 Å². The first-order valence-electron chi connectivity index (χ1n) is 8.38. The SMILES string of the molecule is Cc1cccc(C2CNCCC23CCC(C)C(C)C3)c1. The Hall–Kier alpha value is -0.820. The lowest BCUT2D eigenvalue weighted by Gasteiger charge is -2.51. The summed E-state index contributed by atoms with van der Waals surface area (Å²) in [5, 5.41) is 3.65. The van der Waals surface area contributed by atoms with Gasteiger partial charge in [-0.1, -0.05) is 43.7 Å². The molecule has 1 aromatic carbocycles. The van der Waals surface area contributed by atoms with Gasteiger partial charge in [0.2, 0.25) is 0 Å². The van der Waals surface area contributed by atoms with Crippen LogP contribution < -0.4 is 5.32 Å². The van der Waals surface area contributed by atoms with Crippen molar-refractivity contribution in [3.8, 4) is 0 Å². The van der Waals surface area contributed by atoms with Crippen molar-refractivity contribution in [2.24, 2.45) is 17.3 Å². The molecule has 0 amide bonds. The molecule has 1 saturated heterocycles. The zero-order chi connectivity index (χ0) is 14.2. The van der Waals surface area contributed by atoms with E-state index >= 15 is 0 Å². The Labute approximate surface area is 124 Å². The van der Waals surface area contributed by atoms with Crippen LogP contribution in [0.4, 0.5) is 0 Å². The van der Waals surface area contributed by atoms with E-state index in [9.17, 15) is 0 Å². The number of aryl methyl sites for hydroxylation is 1. The minimum Gasteiger partial charge on any atom is -0.316 e. The molecule has 1 N–H and O–H groups in total. The molecule has 2 fully saturated rings. The fourth-order valence-corrected chi connectivity index (χ4v) is 4.62. The summed E-state index contributed by atoms with van der Waals surface area (Å²) in [6, 6.07) is 9.23. The number of hydrogen-bond donors (Lipinski definition) is 1. The van der Waals surface area contributed by atoms with Crippen LogP contribution in [0.15, 0.2) is 24.3 Å². The molecule has 4 atom stereocenters. The van der Waals surface area contributed by atoms with Gasteiger partial charge < -0.3 is 5.32 Å². The van der Waals surface area contributed by atoms with E-state index in [1.165, 1.54) is 44.3 Å². The van der Waals surface area contributed by atoms with Gasteiger partial charge in [-0.05, 0) is 62.0 Å². The third-order valence-corrected chi connectivity index (χ3v) is 6.13. The van der Waals surface area contributed by atoms with Crippen LogP contribution in [0.5, 0.6) is 0 Å². The highest BCUT2D eigenvalue weighted by atomic mass is 14.9. The van der Waals surface area contributed by atoms with Crippen molar-refractivity contribution in [3.63, 3.8) is 0 Å². The van der Waals surface area contributed by atoms with Crippen LogP contribution in [-0.2, 0) is 0 Å². The minimum absolute atomic E-state index is 0.560. The average Bonchev–Trinajstić information content (AvgIpc) is 2.44. The molecule has 1 aliphatic carbocycles. The molecule has 3 rings (SSSR count). The smallest absolute Gasteiger partial charge is 0.00255 e. The van der Waals surface area contributed by atoms with Gasteiger partial charge in [-0.3, -0.25) is 0 Å². The quantitative estimate of drug-likeness (QED) is 0.792. The minimum atomic E-state index is 0.560. The molecular weight excluding hydrogens is 242 g/mol. The molecule has 4 unspecified atom stereocenters. The Morgan fingerprint density at radius 3 is 2.75 bits per heavy atom. The third-order valence-electron chi connectivity index (χ3n) is 6.13. The molecule has 1 aliphatic heterocycles. The van der Waals surface area contributed by atoms with Crippen LogP contribution in [-0.4, -0.2) is 13.1 Å². The first-order valence-corrected chi connectivity index (χ1v) is 8.38. The average molecular weight is 271 g/mol. The summed E-state index contributed by atoms with van der Waals surface area (Å²) in [7, 11) is 0. The number of rotatable bonds is 1. The van der Waals surface area contributed by atoms with E-state index < -0.39 is 0 Å². The van der Waals surface area contributed by atoms with Crippen molar-refractivity contribution in [2.75, 3.05) is 13.1 Å². The molecule has 0 bridgehead atoms. The van der Waals surface area contributed by atoms with E-state index in [-0.39, 0.29) is 0 Å². The van der Waals surface area contributed by atoms with Gasteiger partial charge in [0.15, 0.2) is 0 Å². The van der Waals surface area contributed by atoms with Crippen LogP contribution in [0.1, 0.15) is 56.6 Å². The second kappa shape index (κ2) is 5.52. The van der Waals surface area contributed by atoms with E-state index in [1.54, 1.807) is 5.56 Å². The third kappa shape index (κ3) is 2.53. The van der Waals surface area contributed by atoms with Gasteiger partial charge in [-0.25, -0.2) is 0 Å². The van der Waals surface area contributed by atoms with Gasteiger partial charge in [-0.2, -0.15) is 0 Å². The molecule has 2 aliphatic rings. The largest absolute Gasteiger partial charge is 0.316 e. The van der Waals surface area contributed by atoms with Crippen molar-refractivity contribution in [2.45, 2.75) is 52.4 Å². The number of piperidine rings is 1. The van der Waals surface area contributed by atoms with Crippen molar-refractivity contribution in [1.82, 2.24) is 5.32 Å². The highest BCUT2D eigenvalue weighted by molar-refractivity contribution is 5.28. The maximum Gasteiger partial charge on any atom is 0.00255 e. The van der Waals surface area contributed by atoms with E-state index in [0.717, 1.165) is 11.8 Å². The molecule has 1 heteroatoms. The molecule has 0 aromatic heterocycles. The maximum atomic E-state index is 3.65. The number of benzene rings is 1. The Balaban J connectivity index is 1.91. The standard InChI is InChI=1S/C19H29N/c1-14-5-4-6-17(11-14)18-13-20-10-9-19(18)8-7-15(2)16(3)12-19/h4-6,11,15-16,18,20H,7-10,12-13H2,1-3H3. The molecule has 20 heavy (non-hydrogen) atoms. The summed E-state index contributed by atoms with van der Waals surface area (Å²) >= 11 is 0. The highest BCUT2D eigenvalue weighted by Gasteiger charge is 2.45. The molecule has 1 nitrogen and oxygen atoms in total. The van der Waals surface area contributed by atoms with Crippen LogP contribution in [0, 0.1) is 24.2 Å². The Bertz CT molecular complexity index is 467. The highest BCUT2D eigenvalue weighted by Crippen LogP contribution is 2.53. The van der Waals surface area contributed by atoms with Crippen molar-refractivity contribution in [1.29, 1.82) is 0 Å². The maximum absolute atomic E-state index is 3.65. The molecule has 1 saturated carbocycles. The van der Waals surface area contributed by atoms with Crippen molar-refractivity contribution >= 4 is 0 Å². The molecule has 1 aromatic rings. The van der Waals surface area contributed by atoms with E-state index in [4.69, 9.17) is 0 Å². The second-order valence-corrected chi connectivity index (χ2v) is 7.48. The summed E-state index contributed by atoms with van der Waals surface area (Å²) in [5.41, 5.74) is 3.53. The summed E-state index contributed by atoms with van der Waals surface area (Å²) in [5.74, 6) is 2.51. The zero-order valence-electron chi connectivity index (χ0n) is 13.3. The molecule has 1 heterocycles. The van der Waals surface area contributed by atoms with E-state index in [0.29, 0.717) is 11.3 Å².